The molecular formula is C6H10N2O2. The molecule has 1 atom stereocenters. The van der Waals surface area contributed by atoms with E-state index in [4.69, 9.17) is 0 Å². The second kappa shape index (κ2) is 2.79. The van der Waals surface area contributed by atoms with Crippen LogP contribution in [0.25, 0.3) is 0 Å². The maximum atomic E-state index is 9.31. The van der Waals surface area contributed by atoms with E-state index < -0.39 is 6.10 Å². The maximum absolute atomic E-state index is 9.31. The Labute approximate surface area is 58.8 Å². The highest BCUT2D eigenvalue weighted by atomic mass is 16.5. The van der Waals surface area contributed by atoms with Gasteiger partial charge in [0, 0.05) is 5.27 Å². The van der Waals surface area contributed by atoms with Gasteiger partial charge in [-0.15, -0.1) is 5.10 Å². The van der Waals surface area contributed by atoms with Gasteiger partial charge in [-0.3, -0.25) is 0 Å². The van der Waals surface area contributed by atoms with Crippen LogP contribution in [0.5, 0.6) is 0 Å². The minimum atomic E-state index is -0.588. The van der Waals surface area contributed by atoms with Crippen LogP contribution < -0.4 is 0 Å². The summed E-state index contributed by atoms with van der Waals surface area (Å²) in [6.45, 7) is 3.79. The largest absolute Gasteiger partial charge is 0.385 e. The van der Waals surface area contributed by atoms with Crippen LogP contribution in [0.2, 0.25) is 0 Å². The van der Waals surface area contributed by atoms with Gasteiger partial charge in [0.25, 0.3) is 0 Å². The van der Waals surface area contributed by atoms with E-state index in [0.29, 0.717) is 5.76 Å². The van der Waals surface area contributed by atoms with Gasteiger partial charge in [0.2, 0.25) is 0 Å². The lowest BCUT2D eigenvalue weighted by Gasteiger charge is -2.08. The zero-order valence-electron chi connectivity index (χ0n) is 5.98. The molecule has 0 spiro atoms. The molecule has 0 fully saturated rings. The van der Waals surface area contributed by atoms with E-state index in [1.54, 1.807) is 0 Å². The van der Waals surface area contributed by atoms with Crippen LogP contribution in [-0.2, 0) is 0 Å². The number of aromatic nitrogens is 2. The molecule has 4 heteroatoms. The van der Waals surface area contributed by atoms with Crippen LogP contribution in [0.15, 0.2) is 10.7 Å². The Kier molecular flexibility index (Phi) is 2.01. The molecule has 0 saturated heterocycles. The topological polar surface area (TPSA) is 59.2 Å². The molecular weight excluding hydrogens is 132 g/mol. The first-order chi connectivity index (χ1) is 4.72. The summed E-state index contributed by atoms with van der Waals surface area (Å²) in [5.74, 6) is 0.560. The molecule has 0 amide bonds. The van der Waals surface area contributed by atoms with Crippen LogP contribution in [0.4, 0.5) is 0 Å². The van der Waals surface area contributed by atoms with Crippen LogP contribution in [0, 0.1) is 5.92 Å². The minimum absolute atomic E-state index is 0.134. The predicted octanol–water partition coefficient (Wildman–Crippen LogP) is 0.759. The van der Waals surface area contributed by atoms with Crippen LogP contribution in [0.1, 0.15) is 25.7 Å². The fraction of sp³-hybridized carbons (Fsp3) is 0.667. The normalized spacial score (nSPS) is 14.0. The van der Waals surface area contributed by atoms with E-state index in [9.17, 15) is 5.11 Å². The molecule has 1 aromatic rings. The van der Waals surface area contributed by atoms with Gasteiger partial charge in [0.15, 0.2) is 5.76 Å². The van der Waals surface area contributed by atoms with E-state index in [2.05, 4.69) is 14.9 Å². The molecule has 56 valence electrons. The second-order valence-electron chi connectivity index (χ2n) is 2.51. The number of aliphatic hydroxyl groups is 1. The summed E-state index contributed by atoms with van der Waals surface area (Å²) in [4.78, 5) is 0. The number of hydrogen-bond acceptors (Lipinski definition) is 4. The van der Waals surface area contributed by atoms with E-state index in [1.165, 1.54) is 6.20 Å². The van der Waals surface area contributed by atoms with Gasteiger partial charge < -0.3 is 9.63 Å². The Morgan fingerprint density at radius 3 is 2.70 bits per heavy atom. The molecule has 0 bridgehead atoms. The summed E-state index contributed by atoms with van der Waals surface area (Å²) in [5.41, 5.74) is 0. The van der Waals surface area contributed by atoms with Crippen LogP contribution >= 0.6 is 0 Å². The molecule has 0 aliphatic carbocycles. The first-order valence-electron chi connectivity index (χ1n) is 3.17. The fourth-order valence-corrected chi connectivity index (χ4v) is 0.634. The molecule has 1 unspecified atom stereocenters. The van der Waals surface area contributed by atoms with Crippen molar-refractivity contribution in [3.05, 3.63) is 12.0 Å². The molecule has 0 aromatic carbocycles. The van der Waals surface area contributed by atoms with Gasteiger partial charge in [-0.05, 0) is 5.92 Å². The number of hydrogen-bond donors (Lipinski definition) is 1. The van der Waals surface area contributed by atoms with Crippen LogP contribution in [0.3, 0.4) is 0 Å². The van der Waals surface area contributed by atoms with Gasteiger partial charge in [-0.25, -0.2) is 0 Å². The zero-order chi connectivity index (χ0) is 7.56. The summed E-state index contributed by atoms with van der Waals surface area (Å²) in [7, 11) is 0. The minimum Gasteiger partial charge on any atom is -0.385 e. The summed E-state index contributed by atoms with van der Waals surface area (Å²) in [6, 6.07) is 0. The third-order valence-corrected chi connectivity index (χ3v) is 1.30. The standard InChI is InChI=1S/C6H10N2O2/c1-4(2)6(9)5-3-7-8-10-5/h3-4,6,9H,1-2H3. The highest BCUT2D eigenvalue weighted by Crippen LogP contribution is 2.18. The van der Waals surface area contributed by atoms with E-state index in [-0.39, 0.29) is 5.92 Å². The van der Waals surface area contributed by atoms with E-state index in [1.807, 2.05) is 13.8 Å². The summed E-state index contributed by atoms with van der Waals surface area (Å²) in [6.07, 6.45) is 0.833. The van der Waals surface area contributed by atoms with Crippen molar-refractivity contribution in [2.24, 2.45) is 5.92 Å². The molecule has 1 N–H and O–H groups in total. The number of aliphatic hydroxyl groups excluding tert-OH is 1. The molecule has 0 aliphatic rings. The smallest absolute Gasteiger partial charge is 0.185 e. The quantitative estimate of drug-likeness (QED) is 0.662. The Bertz CT molecular complexity index is 184. The van der Waals surface area contributed by atoms with Crippen molar-refractivity contribution in [1.82, 2.24) is 10.4 Å². The predicted molar refractivity (Wildman–Crippen MR) is 34.1 cm³/mol. The molecule has 0 aliphatic heterocycles. The van der Waals surface area contributed by atoms with Gasteiger partial charge in [0.1, 0.15) is 6.10 Å². The highest BCUT2D eigenvalue weighted by molar-refractivity contribution is 4.92. The Morgan fingerprint density at radius 2 is 2.30 bits per heavy atom. The van der Waals surface area contributed by atoms with Gasteiger partial charge in [-0.1, -0.05) is 13.8 Å². The fourth-order valence-electron chi connectivity index (χ4n) is 0.634. The molecule has 4 nitrogen and oxygen atoms in total. The zero-order valence-corrected chi connectivity index (χ0v) is 5.98. The Balaban J connectivity index is 2.68. The molecule has 0 saturated carbocycles. The van der Waals surface area contributed by atoms with Crippen molar-refractivity contribution in [2.75, 3.05) is 0 Å². The lowest BCUT2D eigenvalue weighted by molar-refractivity contribution is 0.0944. The third-order valence-electron chi connectivity index (χ3n) is 1.30. The van der Waals surface area contributed by atoms with Crippen molar-refractivity contribution in [1.29, 1.82) is 0 Å². The van der Waals surface area contributed by atoms with Gasteiger partial charge in [0.05, 0.1) is 6.20 Å². The molecule has 1 rings (SSSR count). The van der Waals surface area contributed by atoms with E-state index in [0.717, 1.165) is 0 Å². The Morgan fingerprint density at radius 1 is 1.60 bits per heavy atom. The highest BCUT2D eigenvalue weighted by Gasteiger charge is 2.15. The van der Waals surface area contributed by atoms with Crippen molar-refractivity contribution in [3.63, 3.8) is 0 Å². The van der Waals surface area contributed by atoms with Crippen molar-refractivity contribution >= 4 is 0 Å². The first-order valence-corrected chi connectivity index (χ1v) is 3.17. The van der Waals surface area contributed by atoms with E-state index >= 15 is 0 Å². The first kappa shape index (κ1) is 7.21. The van der Waals surface area contributed by atoms with Gasteiger partial charge in [-0.2, -0.15) is 0 Å². The summed E-state index contributed by atoms with van der Waals surface area (Å²) in [5, 5.41) is 16.0. The van der Waals surface area contributed by atoms with Crippen LogP contribution in [-0.4, -0.2) is 15.5 Å². The average molecular weight is 142 g/mol. The van der Waals surface area contributed by atoms with Crippen molar-refractivity contribution in [3.8, 4) is 0 Å². The molecule has 10 heavy (non-hydrogen) atoms. The SMILES string of the molecule is CC(C)C(O)c1cnno1. The lowest BCUT2D eigenvalue weighted by atomic mass is 10.1. The number of rotatable bonds is 2. The van der Waals surface area contributed by atoms with Crippen molar-refractivity contribution in [2.45, 2.75) is 20.0 Å². The third kappa shape index (κ3) is 1.33. The summed E-state index contributed by atoms with van der Waals surface area (Å²) < 4.78 is 4.65. The average Bonchev–Trinajstić information content (AvgIpc) is 2.36. The molecule has 0 radical (unpaired) electrons. The lowest BCUT2D eigenvalue weighted by Crippen LogP contribution is -2.03. The second-order valence-corrected chi connectivity index (χ2v) is 2.51. The Hall–Kier alpha value is -0.900. The van der Waals surface area contributed by atoms with Crippen molar-refractivity contribution < 1.29 is 9.63 Å². The van der Waals surface area contributed by atoms with Gasteiger partial charge >= 0.3 is 0 Å². The number of nitrogens with zero attached hydrogens (tertiary/aromatic N) is 2. The molecule has 1 heterocycles. The maximum Gasteiger partial charge on any atom is 0.185 e. The summed E-state index contributed by atoms with van der Waals surface area (Å²) >= 11 is 0. The monoisotopic (exact) mass is 142 g/mol. The molecule has 1 aromatic heterocycles.